The molecule has 0 atom stereocenters. The van der Waals surface area contributed by atoms with Crippen LogP contribution in [0, 0.1) is 12.8 Å². The maximum absolute atomic E-state index is 12.2. The molecule has 1 fully saturated rings. The Morgan fingerprint density at radius 3 is 2.58 bits per heavy atom. The SMILES string of the molecule is Cc1sc(C(=O)N(C)CC2CCC2)cc1S(N)(=O)=O. The van der Waals surface area contributed by atoms with Gasteiger partial charge < -0.3 is 4.90 Å². The Kier molecular flexibility index (Phi) is 3.98. The topological polar surface area (TPSA) is 80.5 Å². The molecule has 106 valence electrons. The average molecular weight is 302 g/mol. The van der Waals surface area contributed by atoms with Crippen molar-refractivity contribution < 1.29 is 13.2 Å². The van der Waals surface area contributed by atoms with E-state index in [1.54, 1.807) is 18.9 Å². The van der Waals surface area contributed by atoms with Gasteiger partial charge in [0.25, 0.3) is 5.91 Å². The van der Waals surface area contributed by atoms with Gasteiger partial charge in [0.15, 0.2) is 0 Å². The maximum atomic E-state index is 12.2. The van der Waals surface area contributed by atoms with Crippen LogP contribution in [-0.2, 0) is 10.0 Å². The van der Waals surface area contributed by atoms with Gasteiger partial charge in [0.2, 0.25) is 10.0 Å². The van der Waals surface area contributed by atoms with Crippen molar-refractivity contribution in [3.8, 4) is 0 Å². The third-order valence-electron chi connectivity index (χ3n) is 3.49. The van der Waals surface area contributed by atoms with Crippen molar-refractivity contribution in [3.05, 3.63) is 15.8 Å². The highest BCUT2D eigenvalue weighted by Gasteiger charge is 2.24. The predicted molar refractivity (Wildman–Crippen MR) is 74.7 cm³/mol. The smallest absolute Gasteiger partial charge is 0.263 e. The molecule has 2 rings (SSSR count). The second-order valence-corrected chi connectivity index (χ2v) is 7.84. The number of nitrogens with zero attached hydrogens (tertiary/aromatic N) is 1. The molecule has 7 heteroatoms. The third kappa shape index (κ3) is 3.16. The summed E-state index contributed by atoms with van der Waals surface area (Å²) in [4.78, 5) is 14.9. The van der Waals surface area contributed by atoms with Gasteiger partial charge in [-0.2, -0.15) is 0 Å². The zero-order valence-corrected chi connectivity index (χ0v) is 12.7. The number of aryl methyl sites for hydroxylation is 1. The zero-order chi connectivity index (χ0) is 14.2. The number of amides is 1. The van der Waals surface area contributed by atoms with Crippen molar-refractivity contribution in [1.82, 2.24) is 4.90 Å². The van der Waals surface area contributed by atoms with Gasteiger partial charge in [-0.25, -0.2) is 13.6 Å². The fourth-order valence-electron chi connectivity index (χ4n) is 2.19. The van der Waals surface area contributed by atoms with Gasteiger partial charge in [-0.05, 0) is 31.7 Å². The first-order valence-corrected chi connectivity index (χ1v) is 8.54. The van der Waals surface area contributed by atoms with Gasteiger partial charge >= 0.3 is 0 Å². The van der Waals surface area contributed by atoms with Crippen molar-refractivity contribution in [2.45, 2.75) is 31.1 Å². The van der Waals surface area contributed by atoms with E-state index in [2.05, 4.69) is 0 Å². The highest BCUT2D eigenvalue weighted by atomic mass is 32.2. The molecule has 19 heavy (non-hydrogen) atoms. The predicted octanol–water partition coefficient (Wildman–Crippen LogP) is 1.58. The number of thiophene rings is 1. The van der Waals surface area contributed by atoms with Crippen LogP contribution in [0.15, 0.2) is 11.0 Å². The van der Waals surface area contributed by atoms with Crippen LogP contribution in [0.2, 0.25) is 0 Å². The second-order valence-electron chi connectivity index (χ2n) is 5.06. The van der Waals surface area contributed by atoms with E-state index in [9.17, 15) is 13.2 Å². The first kappa shape index (κ1) is 14.5. The summed E-state index contributed by atoms with van der Waals surface area (Å²) in [6, 6.07) is 1.38. The minimum absolute atomic E-state index is 0.0536. The molecule has 5 nitrogen and oxygen atoms in total. The van der Waals surface area contributed by atoms with E-state index in [-0.39, 0.29) is 10.8 Å². The van der Waals surface area contributed by atoms with Crippen molar-refractivity contribution in [3.63, 3.8) is 0 Å². The van der Waals surface area contributed by atoms with Crippen LogP contribution in [0.4, 0.5) is 0 Å². The van der Waals surface area contributed by atoms with Crippen molar-refractivity contribution in [2.24, 2.45) is 11.1 Å². The minimum atomic E-state index is -3.75. The lowest BCUT2D eigenvalue weighted by atomic mass is 9.85. The summed E-state index contributed by atoms with van der Waals surface area (Å²) in [6.45, 7) is 2.40. The van der Waals surface area contributed by atoms with Crippen molar-refractivity contribution >= 4 is 27.3 Å². The number of rotatable bonds is 4. The molecule has 1 aliphatic carbocycles. The highest BCUT2D eigenvalue weighted by Crippen LogP contribution is 2.29. The summed E-state index contributed by atoms with van der Waals surface area (Å²) in [6.07, 6.45) is 3.58. The number of nitrogens with two attached hydrogens (primary N) is 1. The van der Waals surface area contributed by atoms with Crippen LogP contribution >= 0.6 is 11.3 Å². The third-order valence-corrected chi connectivity index (χ3v) is 5.70. The van der Waals surface area contributed by atoms with E-state index >= 15 is 0 Å². The summed E-state index contributed by atoms with van der Waals surface area (Å²) in [5, 5.41) is 5.11. The molecule has 0 aromatic carbocycles. The largest absolute Gasteiger partial charge is 0.341 e. The molecule has 0 bridgehead atoms. The number of hydrogen-bond acceptors (Lipinski definition) is 4. The molecule has 1 saturated carbocycles. The fraction of sp³-hybridized carbons (Fsp3) is 0.583. The van der Waals surface area contributed by atoms with Crippen LogP contribution in [0.3, 0.4) is 0 Å². The molecule has 1 aliphatic rings. The summed E-state index contributed by atoms with van der Waals surface area (Å²) in [7, 11) is -1.99. The van der Waals surface area contributed by atoms with Crippen molar-refractivity contribution in [2.75, 3.05) is 13.6 Å². The standard InChI is InChI=1S/C12H18N2O3S2/c1-8-11(19(13,16)17)6-10(18-8)12(15)14(2)7-9-4-3-5-9/h6,9H,3-5,7H2,1-2H3,(H2,13,16,17). The number of hydrogen-bond donors (Lipinski definition) is 1. The molecule has 0 spiro atoms. The van der Waals surface area contributed by atoms with E-state index in [1.807, 2.05) is 0 Å². The van der Waals surface area contributed by atoms with Gasteiger partial charge in [-0.3, -0.25) is 4.79 Å². The van der Waals surface area contributed by atoms with Gasteiger partial charge in [0.05, 0.1) is 9.77 Å². The van der Waals surface area contributed by atoms with E-state index in [4.69, 9.17) is 5.14 Å². The lowest BCUT2D eigenvalue weighted by Gasteiger charge is -2.29. The lowest BCUT2D eigenvalue weighted by molar-refractivity contribution is 0.0750. The molecule has 2 N–H and O–H groups in total. The number of carbonyl (C=O) groups is 1. The van der Waals surface area contributed by atoms with E-state index < -0.39 is 10.0 Å². The summed E-state index contributed by atoms with van der Waals surface area (Å²) in [5.74, 6) is 0.461. The Morgan fingerprint density at radius 1 is 1.53 bits per heavy atom. The summed E-state index contributed by atoms with van der Waals surface area (Å²) >= 11 is 1.18. The van der Waals surface area contributed by atoms with E-state index in [0.717, 1.165) is 6.54 Å². The average Bonchev–Trinajstić information content (AvgIpc) is 2.64. The Balaban J connectivity index is 2.15. The first-order chi connectivity index (χ1) is 8.79. The molecule has 1 aromatic rings. The summed E-state index contributed by atoms with van der Waals surface area (Å²) in [5.41, 5.74) is 0. The highest BCUT2D eigenvalue weighted by molar-refractivity contribution is 7.89. The van der Waals surface area contributed by atoms with Gasteiger partial charge in [-0.1, -0.05) is 6.42 Å². The van der Waals surface area contributed by atoms with Crippen LogP contribution in [0.25, 0.3) is 0 Å². The molecular formula is C12H18N2O3S2. The number of sulfonamides is 1. The van der Waals surface area contributed by atoms with Crippen LogP contribution in [0.5, 0.6) is 0 Å². The Morgan fingerprint density at radius 2 is 2.16 bits per heavy atom. The van der Waals surface area contributed by atoms with Gasteiger partial charge in [0.1, 0.15) is 0 Å². The molecular weight excluding hydrogens is 284 g/mol. The van der Waals surface area contributed by atoms with Gasteiger partial charge in [0, 0.05) is 18.5 Å². The van der Waals surface area contributed by atoms with E-state index in [1.165, 1.54) is 36.7 Å². The van der Waals surface area contributed by atoms with E-state index in [0.29, 0.717) is 15.7 Å². The van der Waals surface area contributed by atoms with Crippen LogP contribution in [0.1, 0.15) is 33.8 Å². The number of primary sulfonamides is 1. The normalized spacial score (nSPS) is 16.2. The lowest BCUT2D eigenvalue weighted by Crippen LogP contribution is -2.33. The quantitative estimate of drug-likeness (QED) is 0.917. The second kappa shape index (κ2) is 5.22. The van der Waals surface area contributed by atoms with Crippen molar-refractivity contribution in [1.29, 1.82) is 0 Å². The monoisotopic (exact) mass is 302 g/mol. The molecule has 1 aromatic heterocycles. The molecule has 0 aliphatic heterocycles. The molecule has 1 amide bonds. The Hall–Kier alpha value is -0.920. The summed E-state index contributed by atoms with van der Waals surface area (Å²) < 4.78 is 22.7. The Labute approximate surface area is 117 Å². The molecule has 1 heterocycles. The minimum Gasteiger partial charge on any atom is -0.341 e. The molecule has 0 unspecified atom stereocenters. The first-order valence-electron chi connectivity index (χ1n) is 6.17. The molecule has 0 radical (unpaired) electrons. The Bertz CT molecular complexity index is 588. The van der Waals surface area contributed by atoms with Crippen LogP contribution in [-0.4, -0.2) is 32.8 Å². The number of carbonyl (C=O) groups excluding carboxylic acids is 1. The molecule has 0 saturated heterocycles. The fourth-order valence-corrected chi connectivity index (χ4v) is 4.33. The van der Waals surface area contributed by atoms with Gasteiger partial charge in [-0.15, -0.1) is 11.3 Å². The maximum Gasteiger partial charge on any atom is 0.263 e. The zero-order valence-electron chi connectivity index (χ0n) is 11.0. The van der Waals surface area contributed by atoms with Crippen LogP contribution < -0.4 is 5.14 Å².